The number of nitrogens with zero attached hydrogens (tertiary/aromatic N) is 2. The maximum atomic E-state index is 12.4. The Balaban J connectivity index is 2.11. The van der Waals surface area contributed by atoms with Crippen molar-refractivity contribution in [3.8, 4) is 5.75 Å². The summed E-state index contributed by atoms with van der Waals surface area (Å²) in [6, 6.07) is 7.43. The number of piperazine rings is 1. The van der Waals surface area contributed by atoms with Crippen LogP contribution in [0.15, 0.2) is 24.3 Å². The predicted molar refractivity (Wildman–Crippen MR) is 97.4 cm³/mol. The van der Waals surface area contributed by atoms with Crippen molar-refractivity contribution in [3.05, 3.63) is 29.8 Å². The van der Waals surface area contributed by atoms with Crippen LogP contribution in [0.3, 0.4) is 0 Å². The van der Waals surface area contributed by atoms with Gasteiger partial charge in [0.15, 0.2) is 0 Å². The second-order valence-electron chi connectivity index (χ2n) is 6.34. The van der Waals surface area contributed by atoms with Gasteiger partial charge in [0.1, 0.15) is 5.75 Å². The van der Waals surface area contributed by atoms with E-state index in [1.807, 2.05) is 38.1 Å². The summed E-state index contributed by atoms with van der Waals surface area (Å²) in [6.07, 6.45) is 1.11. The fourth-order valence-electron chi connectivity index (χ4n) is 3.10. The van der Waals surface area contributed by atoms with Gasteiger partial charge in [-0.1, -0.05) is 25.1 Å². The Bertz CT molecular complexity index is 591. The van der Waals surface area contributed by atoms with Gasteiger partial charge < -0.3 is 15.0 Å². The summed E-state index contributed by atoms with van der Waals surface area (Å²) in [5.74, 6) is 0.773. The van der Waals surface area contributed by atoms with Crippen LogP contribution in [0, 0.1) is 0 Å². The van der Waals surface area contributed by atoms with Gasteiger partial charge in [0.05, 0.1) is 19.1 Å². The molecule has 1 saturated heterocycles. The predicted octanol–water partition coefficient (Wildman–Crippen LogP) is 1.64. The van der Waals surface area contributed by atoms with E-state index >= 15 is 0 Å². The summed E-state index contributed by atoms with van der Waals surface area (Å²) < 4.78 is 5.69. The molecular weight excluding hydrogens is 318 g/mol. The maximum absolute atomic E-state index is 12.4. The molecule has 1 N–H and O–H groups in total. The lowest BCUT2D eigenvalue weighted by Crippen LogP contribution is -2.56. The molecule has 6 nitrogen and oxygen atoms in total. The molecule has 138 valence electrons. The molecule has 0 bridgehead atoms. The lowest BCUT2D eigenvalue weighted by molar-refractivity contribution is -0.138. The molecule has 1 fully saturated rings. The highest BCUT2D eigenvalue weighted by atomic mass is 16.5. The van der Waals surface area contributed by atoms with Gasteiger partial charge in [-0.25, -0.2) is 0 Å². The third-order valence-corrected chi connectivity index (χ3v) is 4.44. The van der Waals surface area contributed by atoms with Crippen LogP contribution in [0.1, 0.15) is 32.3 Å². The van der Waals surface area contributed by atoms with Gasteiger partial charge in [-0.15, -0.1) is 0 Å². The zero-order valence-corrected chi connectivity index (χ0v) is 15.5. The van der Waals surface area contributed by atoms with Crippen LogP contribution in [0.25, 0.3) is 0 Å². The highest BCUT2D eigenvalue weighted by Gasteiger charge is 2.32. The Morgan fingerprint density at radius 1 is 1.36 bits per heavy atom. The summed E-state index contributed by atoms with van der Waals surface area (Å²) in [4.78, 5) is 28.6. The Morgan fingerprint density at radius 3 is 2.84 bits per heavy atom. The van der Waals surface area contributed by atoms with Gasteiger partial charge in [0, 0.05) is 38.8 Å². The summed E-state index contributed by atoms with van der Waals surface area (Å²) in [6.45, 7) is 7.22. The molecule has 0 spiro atoms. The number of hydrogen-bond donors (Lipinski definition) is 1. The van der Waals surface area contributed by atoms with E-state index in [2.05, 4.69) is 10.2 Å². The van der Waals surface area contributed by atoms with E-state index in [0.717, 1.165) is 24.3 Å². The molecular formula is C19H29N3O3. The molecule has 1 aromatic rings. The number of hydrogen-bond acceptors (Lipinski definition) is 4. The van der Waals surface area contributed by atoms with Crippen molar-refractivity contribution >= 4 is 11.8 Å². The van der Waals surface area contributed by atoms with E-state index < -0.39 is 6.04 Å². The van der Waals surface area contributed by atoms with Gasteiger partial charge in [-0.3, -0.25) is 14.5 Å². The van der Waals surface area contributed by atoms with Gasteiger partial charge in [-0.05, 0) is 19.4 Å². The van der Waals surface area contributed by atoms with Crippen molar-refractivity contribution in [1.29, 1.82) is 0 Å². The van der Waals surface area contributed by atoms with Crippen LogP contribution >= 0.6 is 0 Å². The number of carbonyl (C=O) groups is 2. The Kier molecular flexibility index (Phi) is 7.25. The first-order valence-corrected chi connectivity index (χ1v) is 9.03. The summed E-state index contributed by atoms with van der Waals surface area (Å²) in [5, 5.41) is 2.88. The average molecular weight is 347 g/mol. The minimum absolute atomic E-state index is 0.00648. The highest BCUT2D eigenvalue weighted by molar-refractivity contribution is 5.88. The molecule has 0 saturated carbocycles. The Morgan fingerprint density at radius 2 is 2.12 bits per heavy atom. The number of para-hydroxylation sites is 1. The molecule has 1 aliphatic heterocycles. The largest absolute Gasteiger partial charge is 0.494 e. The van der Waals surface area contributed by atoms with E-state index in [-0.39, 0.29) is 18.2 Å². The molecule has 1 atom stereocenters. The molecule has 1 heterocycles. The smallest absolute Gasteiger partial charge is 0.237 e. The van der Waals surface area contributed by atoms with E-state index in [0.29, 0.717) is 26.2 Å². The zero-order chi connectivity index (χ0) is 18.2. The molecule has 0 radical (unpaired) electrons. The van der Waals surface area contributed by atoms with Crippen molar-refractivity contribution in [2.75, 3.05) is 33.3 Å². The van der Waals surface area contributed by atoms with Crippen molar-refractivity contribution in [2.45, 2.75) is 39.3 Å². The van der Waals surface area contributed by atoms with Gasteiger partial charge >= 0.3 is 0 Å². The summed E-state index contributed by atoms with van der Waals surface area (Å²) >= 11 is 0. The van der Waals surface area contributed by atoms with E-state index in [1.54, 1.807) is 11.9 Å². The monoisotopic (exact) mass is 347 g/mol. The molecule has 1 aliphatic rings. The van der Waals surface area contributed by atoms with Crippen LogP contribution in [-0.2, 0) is 16.1 Å². The molecule has 1 aromatic carbocycles. The molecule has 2 rings (SSSR count). The van der Waals surface area contributed by atoms with Gasteiger partial charge in [0.2, 0.25) is 11.8 Å². The van der Waals surface area contributed by atoms with Crippen LogP contribution in [0.5, 0.6) is 5.75 Å². The first kappa shape index (κ1) is 19.2. The third kappa shape index (κ3) is 5.19. The highest BCUT2D eigenvalue weighted by Crippen LogP contribution is 2.22. The van der Waals surface area contributed by atoms with Gasteiger partial charge in [0.25, 0.3) is 0 Å². The number of benzene rings is 1. The standard InChI is InChI=1S/C19H29N3O3/c1-4-11-21(3)18(23)13-16-19(24)20-10-12-22(16)14-15-8-6-7-9-17(15)25-5-2/h6-9,16H,4-5,10-14H2,1-3H3,(H,20,24). The number of rotatable bonds is 8. The summed E-state index contributed by atoms with van der Waals surface area (Å²) in [7, 11) is 1.79. The molecule has 6 heteroatoms. The fourth-order valence-corrected chi connectivity index (χ4v) is 3.10. The quantitative estimate of drug-likeness (QED) is 0.777. The maximum Gasteiger partial charge on any atom is 0.237 e. The zero-order valence-electron chi connectivity index (χ0n) is 15.5. The number of carbonyl (C=O) groups excluding carboxylic acids is 2. The fraction of sp³-hybridized carbons (Fsp3) is 0.579. The van der Waals surface area contributed by atoms with Crippen LogP contribution in [0.2, 0.25) is 0 Å². The molecule has 2 amide bonds. The van der Waals surface area contributed by atoms with Crippen molar-refractivity contribution in [3.63, 3.8) is 0 Å². The van der Waals surface area contributed by atoms with Crippen molar-refractivity contribution < 1.29 is 14.3 Å². The number of ether oxygens (including phenoxy) is 1. The third-order valence-electron chi connectivity index (χ3n) is 4.44. The summed E-state index contributed by atoms with van der Waals surface area (Å²) in [5.41, 5.74) is 1.04. The molecule has 25 heavy (non-hydrogen) atoms. The molecule has 0 aromatic heterocycles. The lowest BCUT2D eigenvalue weighted by atomic mass is 10.1. The second-order valence-corrected chi connectivity index (χ2v) is 6.34. The Hall–Kier alpha value is -2.08. The topological polar surface area (TPSA) is 61.9 Å². The number of nitrogens with one attached hydrogen (secondary N) is 1. The minimum atomic E-state index is -0.435. The van der Waals surface area contributed by atoms with Crippen LogP contribution < -0.4 is 10.1 Å². The van der Waals surface area contributed by atoms with Gasteiger partial charge in [-0.2, -0.15) is 0 Å². The SMILES string of the molecule is CCCN(C)C(=O)CC1C(=O)NCCN1Cc1ccccc1OCC. The normalized spacial score (nSPS) is 17.9. The number of amides is 2. The van der Waals surface area contributed by atoms with E-state index in [1.165, 1.54) is 0 Å². The Labute approximate surface area is 150 Å². The van der Waals surface area contributed by atoms with E-state index in [4.69, 9.17) is 4.74 Å². The average Bonchev–Trinajstić information content (AvgIpc) is 2.60. The van der Waals surface area contributed by atoms with E-state index in [9.17, 15) is 9.59 Å². The minimum Gasteiger partial charge on any atom is -0.494 e. The van der Waals surface area contributed by atoms with Crippen molar-refractivity contribution in [1.82, 2.24) is 15.1 Å². The first-order valence-electron chi connectivity index (χ1n) is 9.03. The first-order chi connectivity index (χ1) is 12.1. The lowest BCUT2D eigenvalue weighted by Gasteiger charge is -2.35. The van der Waals surface area contributed by atoms with Crippen LogP contribution in [-0.4, -0.2) is 60.9 Å². The van der Waals surface area contributed by atoms with Crippen molar-refractivity contribution in [2.24, 2.45) is 0 Å². The molecule has 0 aliphatic carbocycles. The van der Waals surface area contributed by atoms with Crippen LogP contribution in [0.4, 0.5) is 0 Å². The second kappa shape index (κ2) is 9.42. The molecule has 1 unspecified atom stereocenters.